The fraction of sp³-hybridized carbons (Fsp3) is 0.304. The van der Waals surface area contributed by atoms with Crippen molar-refractivity contribution in [2.75, 3.05) is 11.4 Å². The fourth-order valence-corrected chi connectivity index (χ4v) is 4.94. The molecule has 0 saturated carbocycles. The molecule has 0 spiro atoms. The van der Waals surface area contributed by atoms with Crippen molar-refractivity contribution in [1.82, 2.24) is 10.3 Å². The number of aromatic nitrogens is 1. The molecule has 0 fully saturated rings. The number of amides is 1. The first-order valence-corrected chi connectivity index (χ1v) is 10.4. The molecule has 5 rings (SSSR count). The first-order chi connectivity index (χ1) is 15.4. The van der Waals surface area contributed by atoms with Gasteiger partial charge in [-0.2, -0.15) is 23.4 Å². The number of pyridine rings is 1. The molecule has 0 aliphatic carbocycles. The van der Waals surface area contributed by atoms with E-state index in [4.69, 9.17) is 0 Å². The van der Waals surface area contributed by atoms with Gasteiger partial charge in [0.1, 0.15) is 5.82 Å². The number of azo groups is 1. The van der Waals surface area contributed by atoms with Gasteiger partial charge in [0, 0.05) is 30.4 Å². The van der Waals surface area contributed by atoms with E-state index in [2.05, 4.69) is 20.5 Å². The number of carbonyl (C=O) groups excluding carboxylic acids is 1. The maximum Gasteiger partial charge on any atom is 0.416 e. The Morgan fingerprint density at radius 3 is 2.78 bits per heavy atom. The third-order valence-electron chi connectivity index (χ3n) is 6.39. The molecule has 0 saturated heterocycles. The zero-order chi connectivity index (χ0) is 22.5. The summed E-state index contributed by atoms with van der Waals surface area (Å²) in [6.45, 7) is 2.28. The Hall–Kier alpha value is -3.49. The van der Waals surface area contributed by atoms with E-state index >= 15 is 0 Å². The van der Waals surface area contributed by atoms with Crippen LogP contribution in [0, 0.1) is 0 Å². The van der Waals surface area contributed by atoms with Gasteiger partial charge in [0.25, 0.3) is 5.91 Å². The topological polar surface area (TPSA) is 70.0 Å². The molecule has 3 aliphatic rings. The van der Waals surface area contributed by atoms with E-state index in [1.807, 2.05) is 6.92 Å². The number of fused-ring (bicyclic) bond motifs is 1. The minimum Gasteiger partial charge on any atom is -0.362 e. The Morgan fingerprint density at radius 2 is 2.06 bits per heavy atom. The number of hydrogen-bond donors (Lipinski definition) is 1. The monoisotopic (exact) mass is 439 g/mol. The molecule has 2 atom stereocenters. The smallest absolute Gasteiger partial charge is 0.362 e. The number of alkyl halides is 3. The second kappa shape index (κ2) is 7.29. The van der Waals surface area contributed by atoms with Gasteiger partial charge in [-0.1, -0.05) is 31.2 Å². The van der Waals surface area contributed by atoms with Crippen LogP contribution in [0.15, 0.2) is 81.9 Å². The second-order valence-electron chi connectivity index (χ2n) is 7.95. The van der Waals surface area contributed by atoms with Crippen molar-refractivity contribution in [3.8, 4) is 0 Å². The molecule has 6 nitrogen and oxygen atoms in total. The number of nitrogens with one attached hydrogen (secondary N) is 1. The number of anilines is 1. The zero-order valence-corrected chi connectivity index (χ0v) is 17.2. The van der Waals surface area contributed by atoms with Gasteiger partial charge in [-0.25, -0.2) is 4.98 Å². The summed E-state index contributed by atoms with van der Waals surface area (Å²) in [6.07, 6.45) is -0.930. The maximum absolute atomic E-state index is 13.9. The summed E-state index contributed by atoms with van der Waals surface area (Å²) in [5.41, 5.74) is 0.381. The van der Waals surface area contributed by atoms with Crippen LogP contribution in [0.25, 0.3) is 0 Å². The first kappa shape index (κ1) is 20.4. The minimum absolute atomic E-state index is 0.275. The Bertz CT molecular complexity index is 1170. The van der Waals surface area contributed by atoms with Gasteiger partial charge in [0.15, 0.2) is 6.17 Å². The second-order valence-corrected chi connectivity index (χ2v) is 7.95. The van der Waals surface area contributed by atoms with Gasteiger partial charge in [-0.15, -0.1) is 0 Å². The van der Waals surface area contributed by atoms with Crippen molar-refractivity contribution in [1.29, 1.82) is 0 Å². The molecule has 1 aromatic carbocycles. The fourth-order valence-electron chi connectivity index (χ4n) is 4.94. The third-order valence-corrected chi connectivity index (χ3v) is 6.39. The van der Waals surface area contributed by atoms with Crippen LogP contribution in [-0.2, 0) is 16.4 Å². The predicted octanol–water partition coefficient (Wildman–Crippen LogP) is 4.72. The van der Waals surface area contributed by atoms with Crippen LogP contribution >= 0.6 is 0 Å². The Morgan fingerprint density at radius 1 is 1.22 bits per heavy atom. The summed E-state index contributed by atoms with van der Waals surface area (Å²) in [6, 6.07) is 10.5. The van der Waals surface area contributed by atoms with Crippen LogP contribution < -0.4 is 10.2 Å². The maximum atomic E-state index is 13.9. The van der Waals surface area contributed by atoms with Gasteiger partial charge < -0.3 is 5.32 Å². The summed E-state index contributed by atoms with van der Waals surface area (Å²) in [5.74, 6) is 0.234. The van der Waals surface area contributed by atoms with Crippen molar-refractivity contribution in [2.24, 2.45) is 10.2 Å². The van der Waals surface area contributed by atoms with Crippen molar-refractivity contribution in [2.45, 2.75) is 37.5 Å². The summed E-state index contributed by atoms with van der Waals surface area (Å²) in [4.78, 5) is 19.8. The molecule has 1 unspecified atom stereocenters. The highest BCUT2D eigenvalue weighted by Gasteiger charge is 2.53. The molecule has 1 amide bonds. The number of benzene rings is 1. The molecule has 1 N–H and O–H groups in total. The van der Waals surface area contributed by atoms with E-state index in [-0.39, 0.29) is 5.91 Å². The molecule has 3 aliphatic heterocycles. The SMILES string of the molecule is CC[C@@]1(c2cccc(C(F)(F)F)c2)C2=CN=NC2NC2=C1C(=O)N(c1ccccn1)CC2. The van der Waals surface area contributed by atoms with E-state index in [1.165, 1.54) is 6.07 Å². The summed E-state index contributed by atoms with van der Waals surface area (Å²) in [7, 11) is 0. The third kappa shape index (κ3) is 2.95. The molecular weight excluding hydrogens is 419 g/mol. The quantitative estimate of drug-likeness (QED) is 0.753. The Balaban J connectivity index is 1.72. The van der Waals surface area contributed by atoms with Gasteiger partial charge in [-0.3, -0.25) is 9.69 Å². The number of halogens is 3. The van der Waals surface area contributed by atoms with E-state index in [0.29, 0.717) is 47.6 Å². The lowest BCUT2D eigenvalue weighted by Gasteiger charge is -2.47. The van der Waals surface area contributed by atoms with E-state index in [0.717, 1.165) is 12.1 Å². The van der Waals surface area contributed by atoms with Gasteiger partial charge in [0.2, 0.25) is 0 Å². The molecule has 4 heterocycles. The lowest BCUT2D eigenvalue weighted by Crippen LogP contribution is -2.54. The molecule has 0 radical (unpaired) electrons. The van der Waals surface area contributed by atoms with Crippen LogP contribution in [-0.4, -0.2) is 23.6 Å². The van der Waals surface area contributed by atoms with Crippen LogP contribution in [0.4, 0.5) is 19.0 Å². The van der Waals surface area contributed by atoms with Gasteiger partial charge in [0.05, 0.1) is 22.8 Å². The largest absolute Gasteiger partial charge is 0.416 e. The molecule has 0 bridgehead atoms. The van der Waals surface area contributed by atoms with Gasteiger partial charge >= 0.3 is 6.18 Å². The van der Waals surface area contributed by atoms with Crippen LogP contribution in [0.2, 0.25) is 0 Å². The Labute approximate surface area is 182 Å². The summed E-state index contributed by atoms with van der Waals surface area (Å²) < 4.78 is 40.7. The van der Waals surface area contributed by atoms with Crippen molar-refractivity contribution in [3.05, 3.63) is 82.8 Å². The molecule has 1 aromatic heterocycles. The summed E-state index contributed by atoms with van der Waals surface area (Å²) >= 11 is 0. The van der Waals surface area contributed by atoms with Crippen LogP contribution in [0.1, 0.15) is 30.9 Å². The average Bonchev–Trinajstić information content (AvgIpc) is 3.27. The number of nitrogens with zero attached hydrogens (tertiary/aromatic N) is 4. The lowest BCUT2D eigenvalue weighted by molar-refractivity contribution is -0.137. The van der Waals surface area contributed by atoms with E-state index < -0.39 is 23.3 Å². The van der Waals surface area contributed by atoms with Crippen molar-refractivity contribution >= 4 is 11.7 Å². The molecule has 9 heteroatoms. The van der Waals surface area contributed by atoms with E-state index in [9.17, 15) is 18.0 Å². The highest BCUT2D eigenvalue weighted by molar-refractivity contribution is 6.09. The van der Waals surface area contributed by atoms with E-state index in [1.54, 1.807) is 41.6 Å². The molecular formula is C23H20F3N5O. The standard InChI is InChI=1S/C23H20F3N5O/c1-2-22(14-6-5-7-15(12-14)23(24,25)26)16-13-28-30-20(16)29-17-9-11-31(21(32)19(17)22)18-8-3-4-10-27-18/h3-8,10,12-13,20,29H,2,9,11H2,1H3/t20?,22-/m1/s1. The minimum atomic E-state index is -4.50. The number of rotatable bonds is 3. The van der Waals surface area contributed by atoms with Crippen LogP contribution in [0.5, 0.6) is 0 Å². The number of carbonyl (C=O) groups is 1. The lowest BCUT2D eigenvalue weighted by atomic mass is 9.62. The summed E-state index contributed by atoms with van der Waals surface area (Å²) in [5, 5.41) is 11.5. The molecule has 32 heavy (non-hydrogen) atoms. The van der Waals surface area contributed by atoms with Crippen LogP contribution in [0.3, 0.4) is 0 Å². The average molecular weight is 439 g/mol. The van der Waals surface area contributed by atoms with Crippen molar-refractivity contribution < 1.29 is 18.0 Å². The highest BCUT2D eigenvalue weighted by atomic mass is 19.4. The predicted molar refractivity (Wildman–Crippen MR) is 112 cm³/mol. The zero-order valence-electron chi connectivity index (χ0n) is 17.2. The number of hydrogen-bond acceptors (Lipinski definition) is 5. The Kier molecular flexibility index (Phi) is 4.65. The first-order valence-electron chi connectivity index (χ1n) is 10.4. The normalized spacial score (nSPS) is 24.8. The molecule has 164 valence electrons. The highest BCUT2D eigenvalue weighted by Crippen LogP contribution is 2.51. The van der Waals surface area contributed by atoms with Gasteiger partial charge in [-0.05, 0) is 30.2 Å². The van der Waals surface area contributed by atoms with Crippen molar-refractivity contribution in [3.63, 3.8) is 0 Å². The molecule has 2 aromatic rings.